The number of nitrogens with one attached hydrogen (secondary N) is 2. The number of aromatic nitrogens is 1. The number of H-pyrrole nitrogens is 1. The third-order valence-corrected chi connectivity index (χ3v) is 4.88. The minimum absolute atomic E-state index is 0.0985. The molecule has 3 aromatic carbocycles. The van der Waals surface area contributed by atoms with Crippen LogP contribution in [0.1, 0.15) is 21.6 Å². The van der Waals surface area contributed by atoms with Gasteiger partial charge in [-0.05, 0) is 34.9 Å². The van der Waals surface area contributed by atoms with Crippen molar-refractivity contribution in [3.8, 4) is 17.2 Å². The van der Waals surface area contributed by atoms with E-state index in [1.165, 1.54) is 0 Å². The van der Waals surface area contributed by atoms with E-state index in [1.807, 2.05) is 66.7 Å². The van der Waals surface area contributed by atoms with Gasteiger partial charge >= 0.3 is 5.97 Å². The summed E-state index contributed by atoms with van der Waals surface area (Å²) in [6.07, 6.45) is 0. The van der Waals surface area contributed by atoms with Crippen molar-refractivity contribution in [1.82, 2.24) is 10.3 Å². The van der Waals surface area contributed by atoms with E-state index in [-0.39, 0.29) is 19.1 Å². The summed E-state index contributed by atoms with van der Waals surface area (Å²) in [5.74, 6) is -0.892. The number of carbonyl (C=O) groups excluding carboxylic acids is 2. The number of hydrogen-bond donors (Lipinski definition) is 2. The fraction of sp³-hybridized carbons (Fsp3) is 0.0800. The molecular weight excluding hydrogens is 390 g/mol. The first-order valence-corrected chi connectivity index (χ1v) is 9.74. The number of amides is 1. The Balaban J connectivity index is 1.29. The number of rotatable bonds is 6. The number of hydrogen-bond acceptors (Lipinski definition) is 4. The van der Waals surface area contributed by atoms with Crippen molar-refractivity contribution >= 4 is 22.8 Å². The van der Waals surface area contributed by atoms with Crippen LogP contribution in [0.25, 0.3) is 22.0 Å². The number of fused-ring (bicyclic) bond motifs is 1. The summed E-state index contributed by atoms with van der Waals surface area (Å²) >= 11 is 0. The van der Waals surface area contributed by atoms with E-state index in [2.05, 4.69) is 16.4 Å². The molecule has 152 valence electrons. The molecule has 0 atom stereocenters. The van der Waals surface area contributed by atoms with E-state index < -0.39 is 5.97 Å². The van der Waals surface area contributed by atoms with Gasteiger partial charge in [-0.25, -0.2) is 0 Å². The number of nitriles is 1. The Labute approximate surface area is 179 Å². The van der Waals surface area contributed by atoms with Gasteiger partial charge in [0.2, 0.25) is 0 Å². The average molecular weight is 409 g/mol. The molecule has 0 aliphatic rings. The average Bonchev–Trinajstić information content (AvgIpc) is 3.26. The molecule has 0 spiro atoms. The molecule has 4 rings (SSSR count). The molecule has 2 N–H and O–H groups in total. The van der Waals surface area contributed by atoms with E-state index in [4.69, 9.17) is 4.74 Å². The van der Waals surface area contributed by atoms with Crippen LogP contribution in [0.5, 0.6) is 0 Å². The van der Waals surface area contributed by atoms with Gasteiger partial charge in [-0.2, -0.15) is 5.26 Å². The Hall–Kier alpha value is -4.37. The molecule has 6 heteroatoms. The number of esters is 1. The molecule has 0 unspecified atom stereocenters. The summed E-state index contributed by atoms with van der Waals surface area (Å²) in [6, 6.07) is 26.3. The molecule has 0 saturated heterocycles. The molecule has 0 aliphatic carbocycles. The minimum Gasteiger partial charge on any atom is -0.460 e. The van der Waals surface area contributed by atoms with Crippen molar-refractivity contribution in [2.75, 3.05) is 6.54 Å². The number of para-hydroxylation sites is 1. The maximum Gasteiger partial charge on any atom is 0.325 e. The van der Waals surface area contributed by atoms with E-state index in [9.17, 15) is 14.9 Å². The van der Waals surface area contributed by atoms with Gasteiger partial charge in [-0.3, -0.25) is 9.59 Å². The molecule has 0 bridgehead atoms. The lowest BCUT2D eigenvalue weighted by molar-refractivity contribution is -0.143. The molecule has 6 nitrogen and oxygen atoms in total. The van der Waals surface area contributed by atoms with Crippen molar-refractivity contribution in [1.29, 1.82) is 5.26 Å². The van der Waals surface area contributed by atoms with Gasteiger partial charge in [0.05, 0.1) is 11.6 Å². The third kappa shape index (κ3) is 4.62. The van der Waals surface area contributed by atoms with Gasteiger partial charge in [-0.1, -0.05) is 60.7 Å². The van der Waals surface area contributed by atoms with Crippen molar-refractivity contribution in [2.24, 2.45) is 0 Å². The van der Waals surface area contributed by atoms with E-state index in [1.54, 1.807) is 12.1 Å². The zero-order chi connectivity index (χ0) is 21.6. The van der Waals surface area contributed by atoms with Crippen LogP contribution in [-0.4, -0.2) is 23.4 Å². The molecule has 0 saturated carbocycles. The van der Waals surface area contributed by atoms with Crippen LogP contribution in [0, 0.1) is 11.3 Å². The Kier molecular flexibility index (Phi) is 5.77. The summed E-state index contributed by atoms with van der Waals surface area (Å²) in [6.45, 7) is -0.122. The van der Waals surface area contributed by atoms with Gasteiger partial charge in [-0.15, -0.1) is 0 Å². The number of benzene rings is 3. The summed E-state index contributed by atoms with van der Waals surface area (Å²) < 4.78 is 5.25. The predicted octanol–water partition coefficient (Wildman–Crippen LogP) is 4.18. The standard InChI is InChI=1S/C25H19N3O3/c26-14-20-6-1-3-7-21(20)18-11-9-17(10-12-18)16-31-24(29)15-27-25(30)23-13-19-5-2-4-8-22(19)28-23/h1-13,28H,15-16H2,(H,27,30). The first-order valence-electron chi connectivity index (χ1n) is 9.74. The first-order chi connectivity index (χ1) is 15.1. The highest BCUT2D eigenvalue weighted by Crippen LogP contribution is 2.23. The van der Waals surface area contributed by atoms with Crippen molar-refractivity contribution in [3.63, 3.8) is 0 Å². The highest BCUT2D eigenvalue weighted by molar-refractivity contribution is 5.99. The lowest BCUT2D eigenvalue weighted by atomic mass is 9.99. The fourth-order valence-electron chi connectivity index (χ4n) is 3.27. The number of ether oxygens (including phenoxy) is 1. The molecular formula is C25H19N3O3. The molecule has 1 heterocycles. The minimum atomic E-state index is -0.525. The Morgan fingerprint density at radius 1 is 0.968 bits per heavy atom. The normalized spacial score (nSPS) is 10.4. The largest absolute Gasteiger partial charge is 0.460 e. The van der Waals surface area contributed by atoms with Crippen LogP contribution in [-0.2, 0) is 16.1 Å². The van der Waals surface area contributed by atoms with Crippen LogP contribution in [0.15, 0.2) is 78.9 Å². The predicted molar refractivity (Wildman–Crippen MR) is 117 cm³/mol. The summed E-state index contributed by atoms with van der Waals surface area (Å²) in [5.41, 5.74) is 4.44. The van der Waals surface area contributed by atoms with Crippen molar-refractivity contribution in [3.05, 3.63) is 95.7 Å². The van der Waals surface area contributed by atoms with Gasteiger partial charge in [0.1, 0.15) is 18.8 Å². The molecule has 1 amide bonds. The molecule has 0 fully saturated rings. The van der Waals surface area contributed by atoms with Crippen LogP contribution in [0.3, 0.4) is 0 Å². The zero-order valence-corrected chi connectivity index (χ0v) is 16.6. The third-order valence-electron chi connectivity index (χ3n) is 4.88. The Bertz CT molecular complexity index is 1250. The van der Waals surface area contributed by atoms with Crippen LogP contribution in [0.2, 0.25) is 0 Å². The fourth-order valence-corrected chi connectivity index (χ4v) is 3.27. The Morgan fingerprint density at radius 2 is 1.71 bits per heavy atom. The summed E-state index contributed by atoms with van der Waals surface area (Å²) in [7, 11) is 0. The van der Waals surface area contributed by atoms with Crippen molar-refractivity contribution in [2.45, 2.75) is 6.61 Å². The van der Waals surface area contributed by atoms with Gasteiger partial charge in [0, 0.05) is 10.9 Å². The first kappa shape index (κ1) is 19.9. The number of nitrogens with zero attached hydrogens (tertiary/aromatic N) is 1. The van der Waals surface area contributed by atoms with Crippen LogP contribution >= 0.6 is 0 Å². The quantitative estimate of drug-likeness (QED) is 0.467. The lowest BCUT2D eigenvalue weighted by Gasteiger charge is -2.08. The summed E-state index contributed by atoms with van der Waals surface area (Å²) in [4.78, 5) is 27.3. The topological polar surface area (TPSA) is 95.0 Å². The Morgan fingerprint density at radius 3 is 2.48 bits per heavy atom. The smallest absolute Gasteiger partial charge is 0.325 e. The molecule has 1 aromatic heterocycles. The number of carbonyl (C=O) groups is 2. The summed E-state index contributed by atoms with van der Waals surface area (Å²) in [5, 5.41) is 12.7. The highest BCUT2D eigenvalue weighted by Gasteiger charge is 2.12. The van der Waals surface area contributed by atoms with Crippen LogP contribution in [0.4, 0.5) is 0 Å². The molecule has 0 radical (unpaired) electrons. The van der Waals surface area contributed by atoms with Gasteiger partial charge in [0.15, 0.2) is 0 Å². The van der Waals surface area contributed by atoms with E-state index >= 15 is 0 Å². The zero-order valence-electron chi connectivity index (χ0n) is 16.6. The monoisotopic (exact) mass is 409 g/mol. The second-order valence-corrected chi connectivity index (χ2v) is 6.97. The molecule has 4 aromatic rings. The second kappa shape index (κ2) is 8.97. The second-order valence-electron chi connectivity index (χ2n) is 6.97. The lowest BCUT2D eigenvalue weighted by Crippen LogP contribution is -2.30. The number of aromatic amines is 1. The molecule has 31 heavy (non-hydrogen) atoms. The van der Waals surface area contributed by atoms with E-state index in [0.29, 0.717) is 11.3 Å². The van der Waals surface area contributed by atoms with Crippen LogP contribution < -0.4 is 5.32 Å². The maximum absolute atomic E-state index is 12.2. The molecule has 0 aliphatic heterocycles. The highest BCUT2D eigenvalue weighted by atomic mass is 16.5. The maximum atomic E-state index is 12.2. The SMILES string of the molecule is N#Cc1ccccc1-c1ccc(COC(=O)CNC(=O)c2cc3ccccc3[nH]2)cc1. The van der Waals surface area contributed by atoms with E-state index in [0.717, 1.165) is 27.6 Å². The van der Waals surface area contributed by atoms with Gasteiger partial charge < -0.3 is 15.0 Å². The van der Waals surface area contributed by atoms with Gasteiger partial charge in [0.25, 0.3) is 5.91 Å². The van der Waals surface area contributed by atoms with Crippen molar-refractivity contribution < 1.29 is 14.3 Å².